The minimum atomic E-state index is -0.332. The van der Waals surface area contributed by atoms with Gasteiger partial charge in [-0.3, -0.25) is 4.79 Å². The highest BCUT2D eigenvalue weighted by molar-refractivity contribution is 5.76. The molecule has 2 aromatic carbocycles. The van der Waals surface area contributed by atoms with E-state index in [1.807, 2.05) is 18.2 Å². The van der Waals surface area contributed by atoms with Crippen LogP contribution in [0, 0.1) is 5.82 Å². The summed E-state index contributed by atoms with van der Waals surface area (Å²) < 4.78 is 13.5. The van der Waals surface area contributed by atoms with Gasteiger partial charge in [0.25, 0.3) is 5.56 Å². The second kappa shape index (κ2) is 5.09. The molecule has 0 bridgehead atoms. The summed E-state index contributed by atoms with van der Waals surface area (Å²) in [4.78, 5) is 18.9. The maximum atomic E-state index is 13.5. The van der Waals surface area contributed by atoms with Crippen LogP contribution in [0.15, 0.2) is 53.3 Å². The van der Waals surface area contributed by atoms with Crippen molar-refractivity contribution in [2.45, 2.75) is 0 Å². The molecule has 0 unspecified atom stereocenters. The Bertz CT molecular complexity index is 852. The standard InChI is InChI=1S/C16H11FN2O/c17-12-6-2-1-5-11(12)9-10-15-16(20)19-14-8-4-3-7-13(14)18-15/h1-10H,(H,19,20)/b10-9+. The van der Waals surface area contributed by atoms with E-state index in [-0.39, 0.29) is 17.1 Å². The van der Waals surface area contributed by atoms with Gasteiger partial charge in [-0.15, -0.1) is 0 Å². The lowest BCUT2D eigenvalue weighted by molar-refractivity contribution is 0.625. The van der Waals surface area contributed by atoms with Gasteiger partial charge in [0.15, 0.2) is 0 Å². The van der Waals surface area contributed by atoms with E-state index < -0.39 is 0 Å². The van der Waals surface area contributed by atoms with Gasteiger partial charge >= 0.3 is 0 Å². The maximum Gasteiger partial charge on any atom is 0.274 e. The van der Waals surface area contributed by atoms with Gasteiger partial charge in [-0.1, -0.05) is 30.3 Å². The van der Waals surface area contributed by atoms with Crippen molar-refractivity contribution >= 4 is 23.2 Å². The Kier molecular flexibility index (Phi) is 3.13. The Balaban J connectivity index is 2.05. The molecule has 0 atom stereocenters. The second-order valence-electron chi connectivity index (χ2n) is 4.32. The van der Waals surface area contributed by atoms with E-state index in [4.69, 9.17) is 0 Å². The van der Waals surface area contributed by atoms with E-state index in [1.54, 1.807) is 30.3 Å². The zero-order chi connectivity index (χ0) is 13.9. The first-order valence-electron chi connectivity index (χ1n) is 6.16. The molecule has 1 N–H and O–H groups in total. The minimum Gasteiger partial charge on any atom is -0.319 e. The molecule has 3 rings (SSSR count). The van der Waals surface area contributed by atoms with Gasteiger partial charge in [0, 0.05) is 5.56 Å². The molecule has 0 aliphatic heterocycles. The monoisotopic (exact) mass is 266 g/mol. The third-order valence-corrected chi connectivity index (χ3v) is 2.95. The van der Waals surface area contributed by atoms with E-state index in [9.17, 15) is 9.18 Å². The van der Waals surface area contributed by atoms with Gasteiger partial charge in [-0.2, -0.15) is 0 Å². The third kappa shape index (κ3) is 2.36. The summed E-state index contributed by atoms with van der Waals surface area (Å²) in [6, 6.07) is 13.6. The van der Waals surface area contributed by atoms with Crippen molar-refractivity contribution < 1.29 is 4.39 Å². The van der Waals surface area contributed by atoms with Crippen LogP contribution in [-0.2, 0) is 0 Å². The number of fused-ring (bicyclic) bond motifs is 1. The zero-order valence-corrected chi connectivity index (χ0v) is 10.5. The maximum absolute atomic E-state index is 13.5. The molecule has 0 saturated carbocycles. The summed E-state index contributed by atoms with van der Waals surface area (Å²) in [6.07, 6.45) is 3.06. The minimum absolute atomic E-state index is 0.256. The number of H-pyrrole nitrogens is 1. The predicted octanol–water partition coefficient (Wildman–Crippen LogP) is 3.23. The van der Waals surface area contributed by atoms with Crippen molar-refractivity contribution in [1.82, 2.24) is 9.97 Å². The molecule has 0 spiro atoms. The molecular formula is C16H11FN2O. The molecule has 4 heteroatoms. The number of benzene rings is 2. The van der Waals surface area contributed by atoms with Crippen molar-refractivity contribution in [3.63, 3.8) is 0 Å². The smallest absolute Gasteiger partial charge is 0.274 e. The molecule has 0 aliphatic carbocycles. The largest absolute Gasteiger partial charge is 0.319 e. The number of halogens is 1. The lowest BCUT2D eigenvalue weighted by atomic mass is 10.2. The molecule has 0 saturated heterocycles. The van der Waals surface area contributed by atoms with E-state index in [1.165, 1.54) is 12.1 Å². The fraction of sp³-hybridized carbons (Fsp3) is 0. The van der Waals surface area contributed by atoms with Crippen LogP contribution < -0.4 is 5.56 Å². The number of rotatable bonds is 2. The molecule has 0 fully saturated rings. The number of aromatic amines is 1. The number of nitrogens with zero attached hydrogens (tertiary/aromatic N) is 1. The Hall–Kier alpha value is -2.75. The van der Waals surface area contributed by atoms with Crippen LogP contribution in [0.5, 0.6) is 0 Å². The number of nitrogens with one attached hydrogen (secondary N) is 1. The summed E-state index contributed by atoms with van der Waals surface area (Å²) in [5, 5.41) is 0. The predicted molar refractivity (Wildman–Crippen MR) is 77.7 cm³/mol. The van der Waals surface area contributed by atoms with Crippen LogP contribution in [-0.4, -0.2) is 9.97 Å². The van der Waals surface area contributed by atoms with Gasteiger partial charge < -0.3 is 4.98 Å². The van der Waals surface area contributed by atoms with Crippen molar-refractivity contribution in [2.24, 2.45) is 0 Å². The van der Waals surface area contributed by atoms with Gasteiger partial charge in [-0.05, 0) is 30.4 Å². The zero-order valence-electron chi connectivity index (χ0n) is 10.5. The molecule has 0 radical (unpaired) electrons. The number of hydrogen-bond donors (Lipinski definition) is 1. The van der Waals surface area contributed by atoms with Crippen LogP contribution in [0.25, 0.3) is 23.2 Å². The summed E-state index contributed by atoms with van der Waals surface area (Å²) >= 11 is 0. The van der Waals surface area contributed by atoms with E-state index in [2.05, 4.69) is 9.97 Å². The molecule has 1 aromatic heterocycles. The van der Waals surface area contributed by atoms with Crippen LogP contribution in [0.3, 0.4) is 0 Å². The van der Waals surface area contributed by atoms with Gasteiger partial charge in [0.05, 0.1) is 11.0 Å². The summed E-state index contributed by atoms with van der Waals surface area (Å²) in [5.74, 6) is -0.332. The third-order valence-electron chi connectivity index (χ3n) is 2.95. The molecule has 3 nitrogen and oxygen atoms in total. The molecule has 98 valence electrons. The van der Waals surface area contributed by atoms with E-state index in [0.717, 1.165) is 0 Å². The quantitative estimate of drug-likeness (QED) is 0.774. The Morgan fingerprint density at radius 2 is 1.75 bits per heavy atom. The number of para-hydroxylation sites is 2. The number of aromatic nitrogens is 2. The highest BCUT2D eigenvalue weighted by Crippen LogP contribution is 2.11. The molecule has 0 amide bonds. The van der Waals surface area contributed by atoms with E-state index >= 15 is 0 Å². The van der Waals surface area contributed by atoms with Crippen molar-refractivity contribution in [2.75, 3.05) is 0 Å². The Morgan fingerprint density at radius 1 is 1.00 bits per heavy atom. The average molecular weight is 266 g/mol. The lowest BCUT2D eigenvalue weighted by Crippen LogP contribution is -2.11. The van der Waals surface area contributed by atoms with Crippen LogP contribution in [0.1, 0.15) is 11.3 Å². The molecule has 20 heavy (non-hydrogen) atoms. The Morgan fingerprint density at radius 3 is 2.60 bits per heavy atom. The van der Waals surface area contributed by atoms with Crippen LogP contribution >= 0.6 is 0 Å². The van der Waals surface area contributed by atoms with Crippen LogP contribution in [0.2, 0.25) is 0 Å². The average Bonchev–Trinajstić information content (AvgIpc) is 2.46. The molecule has 1 heterocycles. The molecular weight excluding hydrogens is 255 g/mol. The van der Waals surface area contributed by atoms with Crippen molar-refractivity contribution in [3.05, 3.63) is 76.0 Å². The highest BCUT2D eigenvalue weighted by Gasteiger charge is 2.02. The molecule has 3 aromatic rings. The fourth-order valence-electron chi connectivity index (χ4n) is 1.94. The normalized spacial score (nSPS) is 11.2. The first-order chi connectivity index (χ1) is 9.74. The lowest BCUT2D eigenvalue weighted by Gasteiger charge is -1.99. The van der Waals surface area contributed by atoms with Gasteiger partial charge in [0.1, 0.15) is 11.5 Å². The van der Waals surface area contributed by atoms with Crippen molar-refractivity contribution in [1.29, 1.82) is 0 Å². The van der Waals surface area contributed by atoms with Crippen LogP contribution in [0.4, 0.5) is 4.39 Å². The first kappa shape index (κ1) is 12.3. The molecule has 0 aliphatic rings. The van der Waals surface area contributed by atoms with Gasteiger partial charge in [0.2, 0.25) is 0 Å². The topological polar surface area (TPSA) is 45.8 Å². The second-order valence-corrected chi connectivity index (χ2v) is 4.32. The first-order valence-corrected chi connectivity index (χ1v) is 6.16. The fourth-order valence-corrected chi connectivity index (χ4v) is 1.94. The summed E-state index contributed by atoms with van der Waals surface area (Å²) in [5.41, 5.74) is 1.76. The van der Waals surface area contributed by atoms with E-state index in [0.29, 0.717) is 16.6 Å². The van der Waals surface area contributed by atoms with Gasteiger partial charge in [-0.25, -0.2) is 9.37 Å². The Labute approximate surface area is 114 Å². The SMILES string of the molecule is O=c1[nH]c2ccccc2nc1/C=C/c1ccccc1F. The van der Waals surface area contributed by atoms with Crippen molar-refractivity contribution in [3.8, 4) is 0 Å². The number of hydrogen-bond acceptors (Lipinski definition) is 2. The highest BCUT2D eigenvalue weighted by atomic mass is 19.1. The summed E-state index contributed by atoms with van der Waals surface area (Å²) in [7, 11) is 0. The summed E-state index contributed by atoms with van der Waals surface area (Å²) in [6.45, 7) is 0.